The largest absolute Gasteiger partial charge is 0.370 e. The highest BCUT2D eigenvalue weighted by atomic mass is 15.2. The number of benzene rings is 1. The van der Waals surface area contributed by atoms with Gasteiger partial charge in [0.15, 0.2) is 0 Å². The summed E-state index contributed by atoms with van der Waals surface area (Å²) < 4.78 is 0. The Kier molecular flexibility index (Phi) is 4.06. The van der Waals surface area contributed by atoms with Crippen molar-refractivity contribution in [3.05, 3.63) is 29.8 Å². The molecule has 0 aromatic heterocycles. The van der Waals surface area contributed by atoms with Gasteiger partial charge in [-0.3, -0.25) is 0 Å². The molecule has 0 radical (unpaired) electrons. The molecule has 1 heterocycles. The molecule has 1 fully saturated rings. The van der Waals surface area contributed by atoms with Crippen molar-refractivity contribution >= 4 is 5.69 Å². The first-order chi connectivity index (χ1) is 8.16. The van der Waals surface area contributed by atoms with E-state index in [-0.39, 0.29) is 0 Å². The topological polar surface area (TPSA) is 15.3 Å². The van der Waals surface area contributed by atoms with Crippen LogP contribution in [0.5, 0.6) is 0 Å². The number of rotatable bonds is 2. The van der Waals surface area contributed by atoms with Gasteiger partial charge in [0.25, 0.3) is 0 Å². The molecule has 0 spiro atoms. The number of nitrogens with one attached hydrogen (secondary N) is 1. The fourth-order valence-electron chi connectivity index (χ4n) is 2.41. The normalized spacial score (nSPS) is 21.6. The lowest BCUT2D eigenvalue weighted by Gasteiger charge is -2.25. The van der Waals surface area contributed by atoms with E-state index in [2.05, 4.69) is 55.3 Å². The Bertz CT molecular complexity index is 342. The van der Waals surface area contributed by atoms with Crippen LogP contribution < -0.4 is 10.2 Å². The lowest BCUT2D eigenvalue weighted by Crippen LogP contribution is -2.35. The third-order valence-corrected chi connectivity index (χ3v) is 3.52. The molecule has 0 aliphatic carbocycles. The fraction of sp³-hybridized carbons (Fsp3) is 0.600. The molecule has 17 heavy (non-hydrogen) atoms. The summed E-state index contributed by atoms with van der Waals surface area (Å²) in [6, 6.07) is 9.66. The minimum absolute atomic E-state index is 0.585. The first-order valence-corrected chi connectivity index (χ1v) is 6.75. The van der Waals surface area contributed by atoms with Crippen molar-refractivity contribution < 1.29 is 0 Å². The van der Waals surface area contributed by atoms with E-state index in [1.54, 1.807) is 0 Å². The number of nitrogens with zero attached hydrogens (tertiary/aromatic N) is 1. The van der Waals surface area contributed by atoms with E-state index in [1.165, 1.54) is 24.2 Å². The molecule has 2 rings (SSSR count). The van der Waals surface area contributed by atoms with Gasteiger partial charge in [0.05, 0.1) is 0 Å². The van der Waals surface area contributed by atoms with E-state index < -0.39 is 0 Å². The van der Waals surface area contributed by atoms with E-state index in [0.29, 0.717) is 12.0 Å². The van der Waals surface area contributed by atoms with Crippen molar-refractivity contribution in [2.45, 2.75) is 39.2 Å². The van der Waals surface area contributed by atoms with Crippen LogP contribution in [0.25, 0.3) is 0 Å². The molecule has 1 aromatic carbocycles. The van der Waals surface area contributed by atoms with Gasteiger partial charge < -0.3 is 10.2 Å². The Morgan fingerprint density at radius 2 is 1.94 bits per heavy atom. The number of hydrogen-bond acceptors (Lipinski definition) is 2. The van der Waals surface area contributed by atoms with Gasteiger partial charge in [-0.25, -0.2) is 0 Å². The molecule has 0 saturated carbocycles. The predicted octanol–water partition coefficient (Wildman–Crippen LogP) is 3.00. The average molecular weight is 232 g/mol. The van der Waals surface area contributed by atoms with Crippen molar-refractivity contribution in [2.24, 2.45) is 0 Å². The SMILES string of the molecule is CC1CN(c2ccc(C(C)C)cc2)CCCN1. The summed E-state index contributed by atoms with van der Waals surface area (Å²) >= 11 is 0. The zero-order valence-electron chi connectivity index (χ0n) is 11.2. The summed E-state index contributed by atoms with van der Waals surface area (Å²) in [5.74, 6) is 0.619. The highest BCUT2D eigenvalue weighted by Gasteiger charge is 2.14. The summed E-state index contributed by atoms with van der Waals surface area (Å²) in [4.78, 5) is 2.49. The molecule has 94 valence electrons. The molecule has 0 bridgehead atoms. The lowest BCUT2D eigenvalue weighted by molar-refractivity contribution is 0.585. The van der Waals surface area contributed by atoms with Crippen LogP contribution in [0.15, 0.2) is 24.3 Å². The molecule has 1 aliphatic rings. The first-order valence-electron chi connectivity index (χ1n) is 6.75. The number of hydrogen-bond donors (Lipinski definition) is 1. The second-order valence-electron chi connectivity index (χ2n) is 5.40. The van der Waals surface area contributed by atoms with Crippen molar-refractivity contribution in [1.29, 1.82) is 0 Å². The molecule has 1 aliphatic heterocycles. The van der Waals surface area contributed by atoms with Crippen molar-refractivity contribution in [3.8, 4) is 0 Å². The van der Waals surface area contributed by atoms with Crippen LogP contribution in [0, 0.1) is 0 Å². The minimum Gasteiger partial charge on any atom is -0.370 e. The van der Waals surface area contributed by atoms with Gasteiger partial charge in [-0.05, 0) is 43.5 Å². The van der Waals surface area contributed by atoms with Gasteiger partial charge in [-0.1, -0.05) is 26.0 Å². The van der Waals surface area contributed by atoms with Gasteiger partial charge in [0.2, 0.25) is 0 Å². The van der Waals surface area contributed by atoms with Crippen LogP contribution in [0.3, 0.4) is 0 Å². The van der Waals surface area contributed by atoms with Crippen LogP contribution >= 0.6 is 0 Å². The van der Waals surface area contributed by atoms with Gasteiger partial charge in [0, 0.05) is 24.8 Å². The Hall–Kier alpha value is -1.02. The quantitative estimate of drug-likeness (QED) is 0.843. The average Bonchev–Trinajstić information content (AvgIpc) is 2.54. The van der Waals surface area contributed by atoms with E-state index in [9.17, 15) is 0 Å². The maximum absolute atomic E-state index is 3.53. The second-order valence-corrected chi connectivity index (χ2v) is 5.40. The Balaban J connectivity index is 2.10. The Morgan fingerprint density at radius 1 is 1.24 bits per heavy atom. The molecule has 1 aromatic rings. The standard InChI is InChI=1S/C15H24N2/c1-12(2)14-5-7-15(8-6-14)17-10-4-9-16-13(3)11-17/h5-8,12-13,16H,4,9-11H2,1-3H3. The summed E-state index contributed by atoms with van der Waals surface area (Å²) in [7, 11) is 0. The Labute approximate surface area is 105 Å². The molecule has 1 unspecified atom stereocenters. The zero-order chi connectivity index (χ0) is 12.3. The van der Waals surface area contributed by atoms with E-state index in [4.69, 9.17) is 0 Å². The minimum atomic E-state index is 0.585. The third-order valence-electron chi connectivity index (χ3n) is 3.52. The summed E-state index contributed by atoms with van der Waals surface area (Å²) in [5.41, 5.74) is 2.79. The maximum Gasteiger partial charge on any atom is 0.0366 e. The predicted molar refractivity (Wildman–Crippen MR) is 74.8 cm³/mol. The molecule has 1 atom stereocenters. The van der Waals surface area contributed by atoms with Gasteiger partial charge in [-0.2, -0.15) is 0 Å². The van der Waals surface area contributed by atoms with E-state index >= 15 is 0 Å². The highest BCUT2D eigenvalue weighted by Crippen LogP contribution is 2.21. The molecule has 1 saturated heterocycles. The third kappa shape index (κ3) is 3.22. The maximum atomic E-state index is 3.53. The molecule has 0 amide bonds. The van der Waals surface area contributed by atoms with Crippen molar-refractivity contribution in [1.82, 2.24) is 5.32 Å². The fourth-order valence-corrected chi connectivity index (χ4v) is 2.41. The van der Waals surface area contributed by atoms with Gasteiger partial charge in [-0.15, -0.1) is 0 Å². The van der Waals surface area contributed by atoms with Crippen molar-refractivity contribution in [3.63, 3.8) is 0 Å². The van der Waals surface area contributed by atoms with Gasteiger partial charge >= 0.3 is 0 Å². The molecule has 2 heteroatoms. The smallest absolute Gasteiger partial charge is 0.0366 e. The van der Waals surface area contributed by atoms with Crippen LogP contribution in [0.4, 0.5) is 5.69 Å². The number of anilines is 1. The van der Waals surface area contributed by atoms with Crippen molar-refractivity contribution in [2.75, 3.05) is 24.5 Å². The van der Waals surface area contributed by atoms with Crippen LogP contribution in [-0.4, -0.2) is 25.7 Å². The molecular weight excluding hydrogens is 208 g/mol. The summed E-state index contributed by atoms with van der Waals surface area (Å²) in [6.07, 6.45) is 1.23. The first kappa shape index (κ1) is 12.4. The molecule has 1 N–H and O–H groups in total. The summed E-state index contributed by atoms with van der Waals surface area (Å²) in [6.45, 7) is 10.2. The monoisotopic (exact) mass is 232 g/mol. The second kappa shape index (κ2) is 5.54. The van der Waals surface area contributed by atoms with E-state index in [0.717, 1.165) is 13.1 Å². The molecule has 2 nitrogen and oxygen atoms in total. The lowest BCUT2D eigenvalue weighted by atomic mass is 10.0. The van der Waals surface area contributed by atoms with Gasteiger partial charge in [0.1, 0.15) is 0 Å². The van der Waals surface area contributed by atoms with Crippen LogP contribution in [0.2, 0.25) is 0 Å². The molecular formula is C15H24N2. The Morgan fingerprint density at radius 3 is 2.59 bits per heavy atom. The van der Waals surface area contributed by atoms with E-state index in [1.807, 2.05) is 0 Å². The van der Waals surface area contributed by atoms with Crippen LogP contribution in [-0.2, 0) is 0 Å². The highest BCUT2D eigenvalue weighted by molar-refractivity contribution is 5.48. The van der Waals surface area contributed by atoms with Crippen LogP contribution in [0.1, 0.15) is 38.7 Å². The summed E-state index contributed by atoms with van der Waals surface area (Å²) in [5, 5.41) is 3.53. The zero-order valence-corrected chi connectivity index (χ0v) is 11.2.